The molecule has 2 rings (SSSR count). The number of hydrogen-bond donors (Lipinski definition) is 1. The van der Waals surface area contributed by atoms with Gasteiger partial charge in [-0.1, -0.05) is 0 Å². The monoisotopic (exact) mass is 183 g/mol. The van der Waals surface area contributed by atoms with Crippen LogP contribution in [0.5, 0.6) is 0 Å². The quantitative estimate of drug-likeness (QED) is 0.672. The summed E-state index contributed by atoms with van der Waals surface area (Å²) in [6, 6.07) is 0. The third kappa shape index (κ3) is 2.25. The molecule has 6 heteroatoms. The molecule has 0 bridgehead atoms. The summed E-state index contributed by atoms with van der Waals surface area (Å²) in [5.74, 6) is 0.203. The Labute approximate surface area is 74.2 Å². The molecule has 1 saturated carbocycles. The Morgan fingerprint density at radius 3 is 3.23 bits per heavy atom. The van der Waals surface area contributed by atoms with Crippen molar-refractivity contribution in [1.82, 2.24) is 15.9 Å². The molecule has 1 aromatic heterocycles. The maximum atomic E-state index is 11.1. The largest absolute Gasteiger partial charge is 0.332 e. The number of hydrogen-bond acceptors (Lipinski definition) is 5. The van der Waals surface area contributed by atoms with Crippen molar-refractivity contribution in [3.63, 3.8) is 0 Å². The second kappa shape index (κ2) is 3.53. The van der Waals surface area contributed by atoms with Crippen LogP contribution in [0.25, 0.3) is 0 Å². The number of carbonyl (C=O) groups excluding carboxylic acids is 1. The van der Waals surface area contributed by atoms with Crippen LogP contribution in [0.4, 0.5) is 0 Å². The first-order chi connectivity index (χ1) is 6.36. The van der Waals surface area contributed by atoms with Crippen LogP contribution in [0.1, 0.15) is 23.4 Å². The summed E-state index contributed by atoms with van der Waals surface area (Å²) in [7, 11) is 0. The summed E-state index contributed by atoms with van der Waals surface area (Å²) in [4.78, 5) is 16.0. The fraction of sp³-hybridized carbons (Fsp3) is 0.571. The number of nitrogens with one attached hydrogen (secondary N) is 1. The normalized spacial score (nSPS) is 15.7. The van der Waals surface area contributed by atoms with Gasteiger partial charge in [-0.25, -0.2) is 5.48 Å². The molecular weight excluding hydrogens is 174 g/mol. The lowest BCUT2D eigenvalue weighted by Crippen LogP contribution is -2.24. The molecule has 0 saturated heterocycles. The van der Waals surface area contributed by atoms with Gasteiger partial charge in [-0.3, -0.25) is 9.63 Å². The Balaban J connectivity index is 1.71. The predicted octanol–water partition coefficient (Wildman–Crippen LogP) is 0.141. The minimum absolute atomic E-state index is 0.0517. The van der Waals surface area contributed by atoms with E-state index in [2.05, 4.69) is 20.4 Å². The van der Waals surface area contributed by atoms with Crippen molar-refractivity contribution >= 4 is 5.91 Å². The molecule has 6 nitrogen and oxygen atoms in total. The molecule has 1 N–H and O–H groups in total. The maximum absolute atomic E-state index is 11.1. The van der Waals surface area contributed by atoms with E-state index in [-0.39, 0.29) is 5.76 Å². The van der Waals surface area contributed by atoms with E-state index in [1.807, 2.05) is 0 Å². The van der Waals surface area contributed by atoms with E-state index < -0.39 is 5.91 Å². The van der Waals surface area contributed by atoms with Gasteiger partial charge < -0.3 is 4.52 Å². The number of aromatic nitrogens is 2. The van der Waals surface area contributed by atoms with Crippen molar-refractivity contribution in [1.29, 1.82) is 0 Å². The van der Waals surface area contributed by atoms with E-state index in [4.69, 9.17) is 4.84 Å². The zero-order chi connectivity index (χ0) is 9.10. The summed E-state index contributed by atoms with van der Waals surface area (Å²) in [6.45, 7) is 0.563. The Morgan fingerprint density at radius 2 is 2.62 bits per heavy atom. The van der Waals surface area contributed by atoms with Crippen LogP contribution in [0.2, 0.25) is 0 Å². The zero-order valence-electron chi connectivity index (χ0n) is 6.90. The van der Waals surface area contributed by atoms with Gasteiger partial charge in [0.15, 0.2) is 0 Å². The van der Waals surface area contributed by atoms with E-state index in [9.17, 15) is 4.79 Å². The fourth-order valence-corrected chi connectivity index (χ4v) is 0.827. The summed E-state index contributed by atoms with van der Waals surface area (Å²) in [5, 5.41) is 6.52. The summed E-state index contributed by atoms with van der Waals surface area (Å²) < 4.78 is 4.52. The first-order valence-electron chi connectivity index (χ1n) is 4.06. The van der Waals surface area contributed by atoms with Crippen LogP contribution in [-0.2, 0) is 4.84 Å². The van der Waals surface area contributed by atoms with Gasteiger partial charge in [-0.15, -0.1) is 5.10 Å². The van der Waals surface area contributed by atoms with Gasteiger partial charge in [0.1, 0.15) is 6.20 Å². The maximum Gasteiger partial charge on any atom is 0.315 e. The summed E-state index contributed by atoms with van der Waals surface area (Å²) in [6.07, 6.45) is 3.59. The van der Waals surface area contributed by atoms with Crippen LogP contribution in [0.3, 0.4) is 0 Å². The van der Waals surface area contributed by atoms with Crippen molar-refractivity contribution in [2.24, 2.45) is 5.92 Å². The lowest BCUT2D eigenvalue weighted by molar-refractivity contribution is 0.0242. The smallest absolute Gasteiger partial charge is 0.315 e. The molecule has 0 atom stereocenters. The average molecular weight is 183 g/mol. The lowest BCUT2D eigenvalue weighted by atomic mass is 10.5. The summed E-state index contributed by atoms with van der Waals surface area (Å²) >= 11 is 0. The van der Waals surface area contributed by atoms with Crippen LogP contribution < -0.4 is 5.48 Å². The number of nitrogens with zero attached hydrogens (tertiary/aromatic N) is 2. The SMILES string of the molecule is O=C(NOCC1CC1)c1cnno1. The van der Waals surface area contributed by atoms with Crippen molar-refractivity contribution in [2.75, 3.05) is 6.61 Å². The molecule has 1 heterocycles. The lowest BCUT2D eigenvalue weighted by Gasteiger charge is -2.00. The molecular formula is C7H9N3O3. The topological polar surface area (TPSA) is 77.2 Å². The second-order valence-electron chi connectivity index (χ2n) is 2.97. The van der Waals surface area contributed by atoms with E-state index in [1.165, 1.54) is 19.0 Å². The highest BCUT2D eigenvalue weighted by atomic mass is 16.7. The molecule has 0 spiro atoms. The number of hydroxylamine groups is 1. The molecule has 1 amide bonds. The minimum Gasteiger partial charge on any atom is -0.332 e. The molecule has 0 unspecified atom stereocenters. The second-order valence-corrected chi connectivity index (χ2v) is 2.97. The van der Waals surface area contributed by atoms with Gasteiger partial charge in [0.2, 0.25) is 5.76 Å². The van der Waals surface area contributed by atoms with Gasteiger partial charge in [0, 0.05) is 5.27 Å². The predicted molar refractivity (Wildman–Crippen MR) is 40.4 cm³/mol. The van der Waals surface area contributed by atoms with Crippen LogP contribution >= 0.6 is 0 Å². The number of rotatable bonds is 4. The Hall–Kier alpha value is -1.43. The van der Waals surface area contributed by atoms with Gasteiger partial charge in [-0.05, 0) is 18.8 Å². The van der Waals surface area contributed by atoms with Gasteiger partial charge in [0.05, 0.1) is 6.61 Å². The van der Waals surface area contributed by atoms with E-state index in [1.54, 1.807) is 0 Å². The molecule has 1 aromatic rings. The fourth-order valence-electron chi connectivity index (χ4n) is 0.827. The van der Waals surface area contributed by atoms with Crippen molar-refractivity contribution in [2.45, 2.75) is 12.8 Å². The van der Waals surface area contributed by atoms with Crippen LogP contribution in [0, 0.1) is 5.92 Å². The molecule has 1 aliphatic carbocycles. The molecule has 13 heavy (non-hydrogen) atoms. The molecule has 70 valence electrons. The van der Waals surface area contributed by atoms with Gasteiger partial charge in [-0.2, -0.15) is 0 Å². The van der Waals surface area contributed by atoms with Crippen LogP contribution in [-0.4, -0.2) is 22.9 Å². The van der Waals surface area contributed by atoms with Gasteiger partial charge >= 0.3 is 5.91 Å². The van der Waals surface area contributed by atoms with Crippen molar-refractivity contribution < 1.29 is 14.2 Å². The highest BCUT2D eigenvalue weighted by Gasteiger charge is 2.22. The Morgan fingerprint density at radius 1 is 1.77 bits per heavy atom. The highest BCUT2D eigenvalue weighted by molar-refractivity contribution is 5.90. The molecule has 0 aromatic carbocycles. The van der Waals surface area contributed by atoms with Crippen molar-refractivity contribution in [3.8, 4) is 0 Å². The Kier molecular flexibility index (Phi) is 2.22. The van der Waals surface area contributed by atoms with Crippen molar-refractivity contribution in [3.05, 3.63) is 12.0 Å². The molecule has 1 aliphatic rings. The zero-order valence-corrected chi connectivity index (χ0v) is 6.90. The molecule has 1 fully saturated rings. The molecule has 0 aliphatic heterocycles. The standard InChI is InChI=1S/C7H9N3O3/c11-7(6-3-8-10-13-6)9-12-4-5-1-2-5/h3,5H,1-2,4H2,(H,9,11). The highest BCUT2D eigenvalue weighted by Crippen LogP contribution is 2.28. The summed E-state index contributed by atoms with van der Waals surface area (Å²) in [5.41, 5.74) is 2.24. The van der Waals surface area contributed by atoms with E-state index >= 15 is 0 Å². The average Bonchev–Trinajstić information content (AvgIpc) is 2.80. The third-order valence-corrected chi connectivity index (χ3v) is 1.77. The Bertz CT molecular complexity index is 281. The minimum atomic E-state index is -0.453. The number of amides is 1. The van der Waals surface area contributed by atoms with E-state index in [0.717, 1.165) is 0 Å². The van der Waals surface area contributed by atoms with E-state index in [0.29, 0.717) is 12.5 Å². The third-order valence-electron chi connectivity index (χ3n) is 1.77. The first-order valence-corrected chi connectivity index (χ1v) is 4.06. The van der Waals surface area contributed by atoms with Gasteiger partial charge in [0.25, 0.3) is 0 Å². The van der Waals surface area contributed by atoms with Crippen LogP contribution in [0.15, 0.2) is 10.7 Å². The first kappa shape index (κ1) is 8.18. The number of carbonyl (C=O) groups is 1. The molecule has 0 radical (unpaired) electrons.